The van der Waals surface area contributed by atoms with Crippen molar-refractivity contribution >= 4 is 11.6 Å². The van der Waals surface area contributed by atoms with Crippen molar-refractivity contribution in [3.8, 4) is 5.75 Å². The Kier molecular flexibility index (Phi) is 3.06. The fourth-order valence-electron chi connectivity index (χ4n) is 4.30. The average Bonchev–Trinajstić information content (AvgIpc) is 3.05. The van der Waals surface area contributed by atoms with Crippen molar-refractivity contribution in [3.63, 3.8) is 0 Å². The number of ether oxygens (including phenoxy) is 1. The molecule has 0 amide bonds. The van der Waals surface area contributed by atoms with Gasteiger partial charge < -0.3 is 9.30 Å². The van der Waals surface area contributed by atoms with Crippen molar-refractivity contribution in [3.05, 3.63) is 47.5 Å². The number of benzene rings is 1. The van der Waals surface area contributed by atoms with Gasteiger partial charge in [-0.05, 0) is 37.0 Å². The van der Waals surface area contributed by atoms with Crippen LogP contribution in [0.4, 0.5) is 0 Å². The third-order valence-corrected chi connectivity index (χ3v) is 5.92. The number of fused-ring (bicyclic) bond motifs is 2. The van der Waals surface area contributed by atoms with E-state index in [4.69, 9.17) is 16.3 Å². The molecule has 2 aliphatic rings. The first kappa shape index (κ1) is 14.1. The Balaban J connectivity index is 1.79. The topological polar surface area (TPSA) is 27.1 Å². The molecule has 4 rings (SSSR count). The number of halogens is 1. The molecule has 1 fully saturated rings. The summed E-state index contributed by atoms with van der Waals surface area (Å²) in [5.74, 6) is 1.50. The van der Waals surface area contributed by atoms with Gasteiger partial charge in [0.15, 0.2) is 0 Å². The maximum Gasteiger partial charge on any atom is 0.135 e. The summed E-state index contributed by atoms with van der Waals surface area (Å²) in [6.45, 7) is 5.51. The van der Waals surface area contributed by atoms with Crippen LogP contribution in [0.3, 0.4) is 0 Å². The van der Waals surface area contributed by atoms with Crippen LogP contribution in [-0.2, 0) is 13.0 Å². The molecule has 1 aliphatic carbocycles. The van der Waals surface area contributed by atoms with Crippen molar-refractivity contribution in [2.24, 2.45) is 11.3 Å². The second kappa shape index (κ2) is 4.76. The minimum absolute atomic E-state index is 0.127. The number of imidazole rings is 1. The Labute approximate surface area is 136 Å². The molecule has 0 bridgehead atoms. The number of hydrogen-bond donors (Lipinski definition) is 0. The van der Waals surface area contributed by atoms with Gasteiger partial charge in [0.25, 0.3) is 0 Å². The van der Waals surface area contributed by atoms with E-state index < -0.39 is 0 Å². The highest BCUT2D eigenvalue weighted by molar-refractivity contribution is 6.30. The summed E-state index contributed by atoms with van der Waals surface area (Å²) in [7, 11) is 0. The quantitative estimate of drug-likeness (QED) is 0.823. The van der Waals surface area contributed by atoms with E-state index in [1.165, 1.54) is 18.4 Å². The highest BCUT2D eigenvalue weighted by atomic mass is 35.5. The van der Waals surface area contributed by atoms with Gasteiger partial charge in [-0.3, -0.25) is 0 Å². The first-order chi connectivity index (χ1) is 10.5. The third kappa shape index (κ3) is 1.98. The standard InChI is InChI=1S/C18H21ClN2O/c1-17(2)6-5-14-9-13-3-4-15(19)10-16(13)22-18(14,17)11-21-8-7-20-12-21/h3-4,7-8,10,12,14H,5-6,9,11H2,1-2H3/t14-,18-/m1/s1. The molecule has 1 aromatic carbocycles. The fraction of sp³-hybridized carbons (Fsp3) is 0.500. The largest absolute Gasteiger partial charge is 0.484 e. The molecular weight excluding hydrogens is 296 g/mol. The lowest BCUT2D eigenvalue weighted by Crippen LogP contribution is -2.55. The van der Waals surface area contributed by atoms with Crippen molar-refractivity contribution in [2.45, 2.75) is 45.3 Å². The van der Waals surface area contributed by atoms with Crippen molar-refractivity contribution in [1.82, 2.24) is 9.55 Å². The molecule has 1 saturated carbocycles. The second-order valence-electron chi connectivity index (χ2n) is 7.30. The maximum atomic E-state index is 6.68. The van der Waals surface area contributed by atoms with Crippen LogP contribution in [0.5, 0.6) is 5.75 Å². The van der Waals surface area contributed by atoms with E-state index in [1.807, 2.05) is 30.9 Å². The Morgan fingerprint density at radius 3 is 3.05 bits per heavy atom. The van der Waals surface area contributed by atoms with Crippen molar-refractivity contribution in [2.75, 3.05) is 0 Å². The molecule has 1 aromatic heterocycles. The second-order valence-corrected chi connectivity index (χ2v) is 7.74. The summed E-state index contributed by atoms with van der Waals surface area (Å²) in [6, 6.07) is 6.05. The molecule has 0 saturated heterocycles. The smallest absolute Gasteiger partial charge is 0.135 e. The Bertz CT molecular complexity index is 695. The summed E-state index contributed by atoms with van der Waals surface area (Å²) >= 11 is 6.18. The summed E-state index contributed by atoms with van der Waals surface area (Å²) in [4.78, 5) is 4.19. The molecule has 0 spiro atoms. The molecule has 116 valence electrons. The van der Waals surface area contributed by atoms with Gasteiger partial charge in [-0.15, -0.1) is 0 Å². The van der Waals surface area contributed by atoms with Gasteiger partial charge in [-0.1, -0.05) is 31.5 Å². The lowest BCUT2D eigenvalue weighted by atomic mass is 9.71. The van der Waals surface area contributed by atoms with E-state index in [1.54, 1.807) is 0 Å². The zero-order valence-corrected chi connectivity index (χ0v) is 13.8. The number of aromatic nitrogens is 2. The molecule has 22 heavy (non-hydrogen) atoms. The molecule has 0 N–H and O–H groups in total. The average molecular weight is 317 g/mol. The molecule has 3 nitrogen and oxygen atoms in total. The van der Waals surface area contributed by atoms with Crippen LogP contribution in [0.25, 0.3) is 0 Å². The molecule has 0 unspecified atom stereocenters. The van der Waals surface area contributed by atoms with Crippen LogP contribution in [0, 0.1) is 11.3 Å². The van der Waals surface area contributed by atoms with Crippen LogP contribution < -0.4 is 4.74 Å². The predicted octanol–water partition coefficient (Wildman–Crippen LogP) is 4.35. The molecule has 4 heteroatoms. The van der Waals surface area contributed by atoms with E-state index >= 15 is 0 Å². The molecule has 1 aliphatic heterocycles. The monoisotopic (exact) mass is 316 g/mol. The van der Waals surface area contributed by atoms with Crippen LogP contribution in [0.15, 0.2) is 36.9 Å². The van der Waals surface area contributed by atoms with Crippen molar-refractivity contribution < 1.29 is 4.74 Å². The van der Waals surface area contributed by atoms with E-state index in [2.05, 4.69) is 29.5 Å². The van der Waals surface area contributed by atoms with E-state index in [9.17, 15) is 0 Å². The Morgan fingerprint density at radius 2 is 2.27 bits per heavy atom. The molecule has 0 radical (unpaired) electrons. The lowest BCUT2D eigenvalue weighted by Gasteiger charge is -2.48. The van der Waals surface area contributed by atoms with Gasteiger partial charge >= 0.3 is 0 Å². The first-order valence-corrected chi connectivity index (χ1v) is 8.31. The highest BCUT2D eigenvalue weighted by Crippen LogP contribution is 2.57. The highest BCUT2D eigenvalue weighted by Gasteiger charge is 2.59. The van der Waals surface area contributed by atoms with Gasteiger partial charge in [-0.25, -0.2) is 4.98 Å². The molecule has 2 heterocycles. The van der Waals surface area contributed by atoms with E-state index in [0.29, 0.717) is 5.92 Å². The van der Waals surface area contributed by atoms with Crippen molar-refractivity contribution in [1.29, 1.82) is 0 Å². The van der Waals surface area contributed by atoms with Gasteiger partial charge in [-0.2, -0.15) is 0 Å². The maximum absolute atomic E-state index is 6.68. The summed E-state index contributed by atoms with van der Waals surface area (Å²) in [6.07, 6.45) is 9.22. The summed E-state index contributed by atoms with van der Waals surface area (Å²) in [5.41, 5.74) is 1.22. The first-order valence-electron chi connectivity index (χ1n) is 7.93. The Hall–Kier alpha value is -1.48. The minimum atomic E-state index is -0.189. The van der Waals surface area contributed by atoms with E-state index in [0.717, 1.165) is 23.7 Å². The van der Waals surface area contributed by atoms with Crippen LogP contribution in [0.1, 0.15) is 32.3 Å². The van der Waals surface area contributed by atoms with Crippen LogP contribution in [-0.4, -0.2) is 15.2 Å². The number of hydrogen-bond acceptors (Lipinski definition) is 2. The molecule has 2 atom stereocenters. The van der Waals surface area contributed by atoms with Gasteiger partial charge in [0.2, 0.25) is 0 Å². The number of rotatable bonds is 2. The van der Waals surface area contributed by atoms with Gasteiger partial charge in [0.05, 0.1) is 12.9 Å². The minimum Gasteiger partial charge on any atom is -0.484 e. The fourth-order valence-corrected chi connectivity index (χ4v) is 4.46. The van der Waals surface area contributed by atoms with Crippen LogP contribution in [0.2, 0.25) is 5.02 Å². The van der Waals surface area contributed by atoms with E-state index in [-0.39, 0.29) is 11.0 Å². The zero-order valence-electron chi connectivity index (χ0n) is 13.1. The summed E-state index contributed by atoms with van der Waals surface area (Å²) < 4.78 is 8.83. The number of nitrogens with zero attached hydrogens (tertiary/aromatic N) is 2. The molecule has 2 aromatic rings. The Morgan fingerprint density at radius 1 is 1.41 bits per heavy atom. The normalized spacial score (nSPS) is 28.8. The zero-order chi connectivity index (χ0) is 15.4. The SMILES string of the molecule is CC1(C)CC[C@@H]2Cc3ccc(Cl)cc3O[C@]21Cn1ccnc1. The van der Waals surface area contributed by atoms with Gasteiger partial charge in [0.1, 0.15) is 11.4 Å². The van der Waals surface area contributed by atoms with Gasteiger partial charge in [0, 0.05) is 28.7 Å². The van der Waals surface area contributed by atoms with Crippen LogP contribution >= 0.6 is 11.6 Å². The third-order valence-electron chi connectivity index (χ3n) is 5.69. The lowest BCUT2D eigenvalue weighted by molar-refractivity contribution is -0.0751. The molecular formula is C18H21ClN2O. The summed E-state index contributed by atoms with van der Waals surface area (Å²) in [5, 5.41) is 0.741. The predicted molar refractivity (Wildman–Crippen MR) is 87.2 cm³/mol.